The highest BCUT2D eigenvalue weighted by Crippen LogP contribution is 2.20. The molecule has 6 nitrogen and oxygen atoms in total. The fourth-order valence-electron chi connectivity index (χ4n) is 1.90. The molecule has 0 aromatic carbocycles. The van der Waals surface area contributed by atoms with E-state index < -0.39 is 0 Å². The summed E-state index contributed by atoms with van der Waals surface area (Å²) >= 11 is 0. The van der Waals surface area contributed by atoms with Crippen LogP contribution in [0.5, 0.6) is 0 Å². The van der Waals surface area contributed by atoms with Crippen molar-refractivity contribution in [1.29, 1.82) is 0 Å². The second kappa shape index (κ2) is 5.39. The van der Waals surface area contributed by atoms with Crippen molar-refractivity contribution in [3.05, 3.63) is 18.1 Å². The Morgan fingerprint density at radius 2 is 2.41 bits per heavy atom. The number of morpholine rings is 1. The van der Waals surface area contributed by atoms with Crippen LogP contribution in [-0.4, -0.2) is 40.6 Å². The summed E-state index contributed by atoms with van der Waals surface area (Å²) in [5.74, 6) is 6.63. The Labute approximate surface area is 101 Å². The lowest BCUT2D eigenvalue weighted by Gasteiger charge is -2.34. The highest BCUT2D eigenvalue weighted by atomic mass is 16.5. The van der Waals surface area contributed by atoms with E-state index in [1.54, 1.807) is 12.3 Å². The van der Waals surface area contributed by atoms with Crippen molar-refractivity contribution < 1.29 is 4.74 Å². The van der Waals surface area contributed by atoms with E-state index in [9.17, 15) is 0 Å². The van der Waals surface area contributed by atoms with Crippen molar-refractivity contribution in [1.82, 2.24) is 14.9 Å². The van der Waals surface area contributed by atoms with Gasteiger partial charge in [0.25, 0.3) is 0 Å². The first-order valence-electron chi connectivity index (χ1n) is 5.86. The molecule has 0 amide bonds. The van der Waals surface area contributed by atoms with Gasteiger partial charge in [0.15, 0.2) is 5.82 Å². The number of nitrogen functional groups attached to an aromatic ring is 1. The third-order valence-corrected chi connectivity index (χ3v) is 2.94. The number of nitrogens with two attached hydrogens (primary N) is 1. The minimum absolute atomic E-state index is 0.0700. The van der Waals surface area contributed by atoms with Crippen LogP contribution in [0.25, 0.3) is 0 Å². The first kappa shape index (κ1) is 12.2. The Bertz CT molecular complexity index is 371. The van der Waals surface area contributed by atoms with Gasteiger partial charge in [0.2, 0.25) is 0 Å². The molecule has 1 unspecified atom stereocenters. The lowest BCUT2D eigenvalue weighted by Crippen LogP contribution is -2.42. The molecule has 0 spiro atoms. The van der Waals surface area contributed by atoms with Gasteiger partial charge in [0.05, 0.1) is 6.61 Å². The minimum Gasteiger partial charge on any atom is -0.368 e. The number of aromatic nitrogens is 2. The molecule has 0 radical (unpaired) electrons. The van der Waals surface area contributed by atoms with Crippen LogP contribution in [0, 0.1) is 0 Å². The Morgan fingerprint density at radius 1 is 1.59 bits per heavy atom. The number of nitrogens with one attached hydrogen (secondary N) is 1. The zero-order valence-corrected chi connectivity index (χ0v) is 10.3. The van der Waals surface area contributed by atoms with E-state index in [2.05, 4.69) is 34.1 Å². The van der Waals surface area contributed by atoms with Crippen LogP contribution in [0.1, 0.15) is 25.8 Å². The lowest BCUT2D eigenvalue weighted by atomic mass is 10.2. The summed E-state index contributed by atoms with van der Waals surface area (Å²) < 4.78 is 5.71. The highest BCUT2D eigenvalue weighted by molar-refractivity contribution is 5.31. The van der Waals surface area contributed by atoms with Crippen LogP contribution in [0.2, 0.25) is 0 Å². The molecule has 1 saturated heterocycles. The molecule has 94 valence electrons. The molecule has 1 aromatic heterocycles. The molecule has 2 heterocycles. The normalized spacial score (nSPS) is 21.8. The summed E-state index contributed by atoms with van der Waals surface area (Å²) in [4.78, 5) is 10.9. The van der Waals surface area contributed by atoms with Gasteiger partial charge in [0, 0.05) is 31.4 Å². The fraction of sp³-hybridized carbons (Fsp3) is 0.636. The number of rotatable bonds is 3. The molecule has 1 aliphatic rings. The predicted octanol–water partition coefficient (Wildman–Crippen LogP) is 0.544. The Morgan fingerprint density at radius 3 is 3.12 bits per heavy atom. The zero-order valence-electron chi connectivity index (χ0n) is 10.3. The van der Waals surface area contributed by atoms with Crippen LogP contribution < -0.4 is 11.3 Å². The van der Waals surface area contributed by atoms with E-state index in [1.807, 2.05) is 0 Å². The summed E-state index contributed by atoms with van der Waals surface area (Å²) in [6, 6.07) is 2.24. The predicted molar refractivity (Wildman–Crippen MR) is 65.2 cm³/mol. The van der Waals surface area contributed by atoms with Crippen LogP contribution in [0.15, 0.2) is 12.3 Å². The quantitative estimate of drug-likeness (QED) is 0.590. The van der Waals surface area contributed by atoms with E-state index in [-0.39, 0.29) is 6.10 Å². The van der Waals surface area contributed by atoms with Gasteiger partial charge in [-0.25, -0.2) is 15.8 Å². The fourth-order valence-corrected chi connectivity index (χ4v) is 1.90. The third kappa shape index (κ3) is 2.91. The molecule has 0 bridgehead atoms. The topological polar surface area (TPSA) is 76.3 Å². The molecule has 17 heavy (non-hydrogen) atoms. The van der Waals surface area contributed by atoms with E-state index in [0.29, 0.717) is 24.3 Å². The van der Waals surface area contributed by atoms with Gasteiger partial charge in [-0.15, -0.1) is 0 Å². The van der Waals surface area contributed by atoms with Gasteiger partial charge in [0.1, 0.15) is 11.9 Å². The maximum Gasteiger partial charge on any atom is 0.160 e. The molecule has 0 aliphatic carbocycles. The molecule has 6 heteroatoms. The highest BCUT2D eigenvalue weighted by Gasteiger charge is 2.25. The van der Waals surface area contributed by atoms with Gasteiger partial charge in [-0.05, 0) is 13.8 Å². The zero-order chi connectivity index (χ0) is 12.3. The Kier molecular flexibility index (Phi) is 3.88. The van der Waals surface area contributed by atoms with Crippen LogP contribution in [0.4, 0.5) is 5.82 Å². The lowest BCUT2D eigenvalue weighted by molar-refractivity contribution is -0.0442. The van der Waals surface area contributed by atoms with Gasteiger partial charge in [-0.3, -0.25) is 4.90 Å². The second-order valence-electron chi connectivity index (χ2n) is 4.39. The molecular weight excluding hydrogens is 218 g/mol. The van der Waals surface area contributed by atoms with E-state index in [1.165, 1.54) is 0 Å². The number of hydrogen-bond acceptors (Lipinski definition) is 6. The van der Waals surface area contributed by atoms with Crippen molar-refractivity contribution in [2.75, 3.05) is 25.1 Å². The number of hydrazine groups is 1. The molecule has 1 fully saturated rings. The minimum atomic E-state index is -0.0700. The summed E-state index contributed by atoms with van der Waals surface area (Å²) in [5.41, 5.74) is 2.52. The monoisotopic (exact) mass is 237 g/mol. The van der Waals surface area contributed by atoms with Crippen molar-refractivity contribution in [2.24, 2.45) is 5.84 Å². The Balaban J connectivity index is 2.10. The average molecular weight is 237 g/mol. The maximum atomic E-state index is 5.71. The van der Waals surface area contributed by atoms with E-state index in [0.717, 1.165) is 13.1 Å². The molecule has 1 atom stereocenters. The van der Waals surface area contributed by atoms with Gasteiger partial charge >= 0.3 is 0 Å². The second-order valence-corrected chi connectivity index (χ2v) is 4.39. The molecule has 3 N–H and O–H groups in total. The summed E-state index contributed by atoms with van der Waals surface area (Å²) in [6.07, 6.45) is 1.62. The molecular formula is C11H19N5O. The Hall–Kier alpha value is -1.24. The third-order valence-electron chi connectivity index (χ3n) is 2.94. The first-order chi connectivity index (χ1) is 8.20. The number of ether oxygens (including phenoxy) is 1. The number of anilines is 1. The molecule has 2 rings (SSSR count). The molecule has 0 saturated carbocycles. The van der Waals surface area contributed by atoms with Gasteiger partial charge in [-0.1, -0.05) is 0 Å². The smallest absolute Gasteiger partial charge is 0.160 e. The van der Waals surface area contributed by atoms with Crippen LogP contribution >= 0.6 is 0 Å². The largest absolute Gasteiger partial charge is 0.368 e. The number of nitrogens with zero attached hydrogens (tertiary/aromatic N) is 3. The average Bonchev–Trinajstić information content (AvgIpc) is 2.39. The summed E-state index contributed by atoms with van der Waals surface area (Å²) in [6.45, 7) is 6.86. The first-order valence-corrected chi connectivity index (χ1v) is 5.86. The SMILES string of the molecule is CC(C)N1CCOC(c2nccc(NN)n2)C1. The van der Waals surface area contributed by atoms with E-state index in [4.69, 9.17) is 10.6 Å². The van der Waals surface area contributed by atoms with Crippen molar-refractivity contribution >= 4 is 5.82 Å². The van der Waals surface area contributed by atoms with Crippen molar-refractivity contribution in [3.8, 4) is 0 Å². The summed E-state index contributed by atoms with van der Waals surface area (Å²) in [5, 5.41) is 0. The van der Waals surface area contributed by atoms with E-state index >= 15 is 0 Å². The standard InChI is InChI=1S/C11H19N5O/c1-8(2)16-5-6-17-9(7-16)11-13-4-3-10(14-11)15-12/h3-4,8-9H,5-7,12H2,1-2H3,(H,13,14,15). The number of hydrogen-bond donors (Lipinski definition) is 2. The van der Waals surface area contributed by atoms with Gasteiger partial charge in [-0.2, -0.15) is 0 Å². The molecule has 1 aliphatic heterocycles. The van der Waals surface area contributed by atoms with Crippen LogP contribution in [-0.2, 0) is 4.74 Å². The summed E-state index contributed by atoms with van der Waals surface area (Å²) in [7, 11) is 0. The van der Waals surface area contributed by atoms with Crippen molar-refractivity contribution in [2.45, 2.75) is 26.0 Å². The van der Waals surface area contributed by atoms with Gasteiger partial charge < -0.3 is 10.2 Å². The maximum absolute atomic E-state index is 5.71. The molecule has 1 aromatic rings. The van der Waals surface area contributed by atoms with Crippen LogP contribution in [0.3, 0.4) is 0 Å². The van der Waals surface area contributed by atoms with Crippen molar-refractivity contribution in [3.63, 3.8) is 0 Å².